The first-order valence-corrected chi connectivity index (χ1v) is 6.12. The number of aryl methyl sites for hydroxylation is 1. The van der Waals surface area contributed by atoms with Gasteiger partial charge in [-0.15, -0.1) is 0 Å². The Bertz CT molecular complexity index is 497. The normalized spacial score (nSPS) is 16.4. The fourth-order valence-corrected chi connectivity index (χ4v) is 2.15. The van der Waals surface area contributed by atoms with E-state index in [0.717, 1.165) is 18.4 Å². The topological polar surface area (TPSA) is 55.1 Å². The van der Waals surface area contributed by atoms with Crippen molar-refractivity contribution in [2.24, 2.45) is 11.1 Å². The van der Waals surface area contributed by atoms with Crippen LogP contribution in [0.25, 0.3) is 0 Å². The van der Waals surface area contributed by atoms with Crippen LogP contribution in [0.2, 0.25) is 5.02 Å². The van der Waals surface area contributed by atoms with E-state index in [1.54, 1.807) is 6.07 Å². The van der Waals surface area contributed by atoms with E-state index in [1.807, 2.05) is 19.1 Å². The number of nitrogens with two attached hydrogens (primary N) is 1. The van der Waals surface area contributed by atoms with E-state index in [-0.39, 0.29) is 10.9 Å². The molecule has 1 saturated carbocycles. The number of hydrogen-bond acceptors (Lipinski definition) is 2. The third kappa shape index (κ3) is 2.28. The molecule has 1 aromatic rings. The van der Waals surface area contributed by atoms with Crippen LogP contribution < -0.4 is 11.1 Å². The van der Waals surface area contributed by atoms with Crippen LogP contribution in [0.15, 0.2) is 18.2 Å². The molecule has 0 spiro atoms. The predicted octanol–water partition coefficient (Wildman–Crippen LogP) is 2.65. The van der Waals surface area contributed by atoms with Crippen molar-refractivity contribution >= 4 is 40.4 Å². The van der Waals surface area contributed by atoms with E-state index in [4.69, 9.17) is 29.6 Å². The van der Waals surface area contributed by atoms with E-state index >= 15 is 0 Å². The molecule has 17 heavy (non-hydrogen) atoms. The van der Waals surface area contributed by atoms with E-state index in [0.29, 0.717) is 10.7 Å². The lowest BCUT2D eigenvalue weighted by atomic mass is 10.1. The minimum atomic E-state index is -0.650. The van der Waals surface area contributed by atoms with Gasteiger partial charge in [-0.25, -0.2) is 0 Å². The third-order valence-corrected chi connectivity index (χ3v) is 3.75. The Morgan fingerprint density at radius 1 is 1.53 bits per heavy atom. The van der Waals surface area contributed by atoms with Gasteiger partial charge in [-0.3, -0.25) is 4.79 Å². The molecule has 3 N–H and O–H groups in total. The van der Waals surface area contributed by atoms with Crippen LogP contribution in [-0.4, -0.2) is 10.9 Å². The lowest BCUT2D eigenvalue weighted by Crippen LogP contribution is -2.35. The Kier molecular flexibility index (Phi) is 3.10. The summed E-state index contributed by atoms with van der Waals surface area (Å²) in [5, 5.41) is 3.31. The largest absolute Gasteiger partial charge is 0.392 e. The maximum atomic E-state index is 12.1. The zero-order chi connectivity index (χ0) is 12.6. The minimum absolute atomic E-state index is 0.155. The molecule has 0 unspecified atom stereocenters. The number of anilines is 1. The summed E-state index contributed by atoms with van der Waals surface area (Å²) >= 11 is 10.9. The molecular weight excluding hydrogens is 256 g/mol. The summed E-state index contributed by atoms with van der Waals surface area (Å²) in [4.78, 5) is 12.3. The molecule has 0 saturated heterocycles. The maximum Gasteiger partial charge on any atom is 0.237 e. The van der Waals surface area contributed by atoms with Crippen LogP contribution in [0.5, 0.6) is 0 Å². The van der Waals surface area contributed by atoms with Gasteiger partial charge in [-0.05, 0) is 37.5 Å². The highest BCUT2D eigenvalue weighted by Gasteiger charge is 2.52. The maximum absolute atomic E-state index is 12.1. The van der Waals surface area contributed by atoms with Gasteiger partial charge in [0.05, 0.1) is 21.1 Å². The number of benzene rings is 1. The quantitative estimate of drug-likeness (QED) is 0.829. The summed E-state index contributed by atoms with van der Waals surface area (Å²) in [6.07, 6.45) is 1.44. The van der Waals surface area contributed by atoms with E-state index < -0.39 is 5.41 Å². The van der Waals surface area contributed by atoms with Gasteiger partial charge in [0, 0.05) is 0 Å². The molecule has 0 heterocycles. The van der Waals surface area contributed by atoms with Crippen molar-refractivity contribution in [1.82, 2.24) is 0 Å². The summed E-state index contributed by atoms with van der Waals surface area (Å²) < 4.78 is 0. The highest BCUT2D eigenvalue weighted by atomic mass is 35.5. The van der Waals surface area contributed by atoms with Crippen LogP contribution in [-0.2, 0) is 4.79 Å². The lowest BCUT2D eigenvalue weighted by molar-refractivity contribution is -0.118. The molecule has 0 aromatic heterocycles. The van der Waals surface area contributed by atoms with Crippen molar-refractivity contribution in [3.63, 3.8) is 0 Å². The molecule has 1 aromatic carbocycles. The Labute approximate surface area is 110 Å². The first kappa shape index (κ1) is 12.3. The number of amides is 1. The molecule has 2 rings (SSSR count). The summed E-state index contributed by atoms with van der Waals surface area (Å²) in [6, 6.07) is 5.47. The minimum Gasteiger partial charge on any atom is -0.392 e. The standard InChI is InChI=1S/C12H13ClN2OS/c1-7-2-3-8(13)9(6-7)15-11(16)12(4-5-12)10(14)17/h2-3,6H,4-5H2,1H3,(H2,14,17)(H,15,16). The number of nitrogens with one attached hydrogen (secondary N) is 1. The second-order valence-corrected chi connectivity index (χ2v) is 5.23. The number of hydrogen-bond donors (Lipinski definition) is 2. The SMILES string of the molecule is Cc1ccc(Cl)c(NC(=O)C2(C(N)=S)CC2)c1. The van der Waals surface area contributed by atoms with Crippen molar-refractivity contribution in [3.8, 4) is 0 Å². The Balaban J connectivity index is 2.19. The average molecular weight is 269 g/mol. The molecule has 3 nitrogen and oxygen atoms in total. The van der Waals surface area contributed by atoms with E-state index in [1.165, 1.54) is 0 Å². The Hall–Kier alpha value is -1.13. The first-order valence-electron chi connectivity index (χ1n) is 5.33. The van der Waals surface area contributed by atoms with Gasteiger partial charge < -0.3 is 11.1 Å². The summed E-state index contributed by atoms with van der Waals surface area (Å²) in [7, 11) is 0. The number of halogens is 1. The van der Waals surface area contributed by atoms with Gasteiger partial charge >= 0.3 is 0 Å². The monoisotopic (exact) mass is 268 g/mol. The van der Waals surface area contributed by atoms with Gasteiger partial charge in [0.15, 0.2) is 0 Å². The van der Waals surface area contributed by atoms with Gasteiger partial charge in [-0.1, -0.05) is 29.9 Å². The van der Waals surface area contributed by atoms with Crippen molar-refractivity contribution in [2.45, 2.75) is 19.8 Å². The van der Waals surface area contributed by atoms with E-state index in [9.17, 15) is 4.79 Å². The number of carbonyl (C=O) groups excluding carboxylic acids is 1. The molecule has 0 atom stereocenters. The van der Waals surface area contributed by atoms with Gasteiger partial charge in [0.1, 0.15) is 0 Å². The smallest absolute Gasteiger partial charge is 0.237 e. The fourth-order valence-electron chi connectivity index (χ4n) is 1.69. The third-order valence-electron chi connectivity index (χ3n) is 3.03. The number of carbonyl (C=O) groups is 1. The van der Waals surface area contributed by atoms with Crippen LogP contribution in [0.1, 0.15) is 18.4 Å². The zero-order valence-corrected chi connectivity index (χ0v) is 11.0. The van der Waals surface area contributed by atoms with Gasteiger partial charge in [0.25, 0.3) is 0 Å². The first-order chi connectivity index (χ1) is 7.95. The highest BCUT2D eigenvalue weighted by molar-refractivity contribution is 7.80. The summed E-state index contributed by atoms with van der Waals surface area (Å²) in [5.41, 5.74) is 6.59. The van der Waals surface area contributed by atoms with Crippen LogP contribution in [0.3, 0.4) is 0 Å². The molecule has 1 aliphatic rings. The molecule has 1 amide bonds. The molecule has 0 radical (unpaired) electrons. The molecule has 0 bridgehead atoms. The van der Waals surface area contributed by atoms with Crippen molar-refractivity contribution in [3.05, 3.63) is 28.8 Å². The Morgan fingerprint density at radius 3 is 2.71 bits per heavy atom. The van der Waals surface area contributed by atoms with Crippen LogP contribution in [0.4, 0.5) is 5.69 Å². The Morgan fingerprint density at radius 2 is 2.18 bits per heavy atom. The van der Waals surface area contributed by atoms with Crippen LogP contribution >= 0.6 is 23.8 Å². The number of rotatable bonds is 3. The van der Waals surface area contributed by atoms with Crippen molar-refractivity contribution in [2.75, 3.05) is 5.32 Å². The lowest BCUT2D eigenvalue weighted by Gasteiger charge is -2.14. The molecule has 1 fully saturated rings. The molecule has 0 aliphatic heterocycles. The molecule has 5 heteroatoms. The average Bonchev–Trinajstić information content (AvgIpc) is 3.04. The summed E-state index contributed by atoms with van der Waals surface area (Å²) in [5.74, 6) is -0.155. The number of thiocarbonyl (C=S) groups is 1. The van der Waals surface area contributed by atoms with Crippen molar-refractivity contribution < 1.29 is 4.79 Å². The van der Waals surface area contributed by atoms with Gasteiger partial charge in [-0.2, -0.15) is 0 Å². The zero-order valence-electron chi connectivity index (χ0n) is 9.42. The highest BCUT2D eigenvalue weighted by Crippen LogP contribution is 2.47. The predicted molar refractivity (Wildman–Crippen MR) is 73.3 cm³/mol. The fraction of sp³-hybridized carbons (Fsp3) is 0.333. The second-order valence-electron chi connectivity index (χ2n) is 4.38. The van der Waals surface area contributed by atoms with Crippen molar-refractivity contribution in [1.29, 1.82) is 0 Å². The summed E-state index contributed by atoms with van der Waals surface area (Å²) in [6.45, 7) is 1.94. The van der Waals surface area contributed by atoms with Crippen LogP contribution in [0, 0.1) is 12.3 Å². The second kappa shape index (κ2) is 4.27. The van der Waals surface area contributed by atoms with E-state index in [2.05, 4.69) is 5.32 Å². The molecule has 90 valence electrons. The van der Waals surface area contributed by atoms with Gasteiger partial charge in [0.2, 0.25) is 5.91 Å². The molecular formula is C12H13ClN2OS. The molecule has 1 aliphatic carbocycles.